The van der Waals surface area contributed by atoms with Crippen molar-refractivity contribution in [3.05, 3.63) is 24.2 Å². The van der Waals surface area contributed by atoms with Crippen LogP contribution in [-0.4, -0.2) is 98.2 Å². The Bertz CT molecular complexity index is 665. The van der Waals surface area contributed by atoms with Crippen LogP contribution >= 0.6 is 0 Å². The van der Waals surface area contributed by atoms with E-state index >= 15 is 0 Å². The number of aliphatic imine (C=N–C) groups is 1. The second kappa shape index (κ2) is 12.7. The predicted molar refractivity (Wildman–Crippen MR) is 122 cm³/mol. The molecule has 1 N–H and O–H groups in total. The summed E-state index contributed by atoms with van der Waals surface area (Å²) in [5, 5.41) is 3.51. The van der Waals surface area contributed by atoms with Crippen LogP contribution in [-0.2, 0) is 16.0 Å². The summed E-state index contributed by atoms with van der Waals surface area (Å²) < 4.78 is 10.9. The molecule has 8 nitrogen and oxygen atoms in total. The molecule has 0 aromatic carbocycles. The zero-order valence-corrected chi connectivity index (χ0v) is 19.2. The van der Waals surface area contributed by atoms with Crippen molar-refractivity contribution in [3.8, 4) is 0 Å². The van der Waals surface area contributed by atoms with Gasteiger partial charge in [-0.25, -0.2) is 0 Å². The van der Waals surface area contributed by atoms with Crippen LogP contribution in [0.5, 0.6) is 0 Å². The third kappa shape index (κ3) is 7.25. The average Bonchev–Trinajstić information content (AvgIpc) is 3.51. The first-order chi connectivity index (χ1) is 15.2. The fourth-order valence-electron chi connectivity index (χ4n) is 4.19. The molecule has 0 bridgehead atoms. The van der Waals surface area contributed by atoms with E-state index in [4.69, 9.17) is 14.1 Å². The van der Waals surface area contributed by atoms with E-state index in [1.165, 1.54) is 0 Å². The summed E-state index contributed by atoms with van der Waals surface area (Å²) in [6, 6.07) is 3.87. The molecular weight excluding hydrogens is 394 g/mol. The molecule has 3 heterocycles. The van der Waals surface area contributed by atoms with E-state index in [1.54, 1.807) is 6.26 Å². The number of carbonyl (C=O) groups excluding carboxylic acids is 1. The van der Waals surface area contributed by atoms with Gasteiger partial charge in [-0.2, -0.15) is 0 Å². The number of amides is 1. The number of carbonyl (C=O) groups is 1. The number of furan rings is 1. The van der Waals surface area contributed by atoms with Crippen LogP contribution in [0.1, 0.15) is 38.9 Å². The van der Waals surface area contributed by atoms with Crippen LogP contribution in [0, 0.1) is 0 Å². The van der Waals surface area contributed by atoms with Gasteiger partial charge in [0.2, 0.25) is 5.91 Å². The van der Waals surface area contributed by atoms with Crippen molar-refractivity contribution in [1.29, 1.82) is 0 Å². The molecule has 3 rings (SSSR count). The van der Waals surface area contributed by atoms with Gasteiger partial charge in [-0.1, -0.05) is 0 Å². The zero-order chi connectivity index (χ0) is 21.9. The van der Waals surface area contributed by atoms with E-state index in [0.717, 1.165) is 103 Å². The highest BCUT2D eigenvalue weighted by Crippen LogP contribution is 2.14. The maximum Gasteiger partial charge on any atom is 0.239 e. The highest BCUT2D eigenvalue weighted by Gasteiger charge is 2.30. The summed E-state index contributed by atoms with van der Waals surface area (Å²) in [7, 11) is 0. The summed E-state index contributed by atoms with van der Waals surface area (Å²) >= 11 is 0. The summed E-state index contributed by atoms with van der Waals surface area (Å²) in [6.45, 7) is 12.4. The molecule has 0 spiro atoms. The van der Waals surface area contributed by atoms with E-state index in [0.29, 0.717) is 0 Å². The predicted octanol–water partition coefficient (Wildman–Crippen LogP) is 1.82. The second-order valence-electron chi connectivity index (χ2n) is 8.24. The molecule has 1 amide bonds. The minimum Gasteiger partial charge on any atom is -0.469 e. The Labute approximate surface area is 186 Å². The monoisotopic (exact) mass is 433 g/mol. The number of ether oxygens (including phenoxy) is 1. The smallest absolute Gasteiger partial charge is 0.239 e. The normalized spacial score (nSPS) is 19.1. The van der Waals surface area contributed by atoms with Gasteiger partial charge in [0.05, 0.1) is 12.3 Å². The Kier molecular flexibility index (Phi) is 9.68. The third-order valence-electron chi connectivity index (χ3n) is 6.08. The first kappa shape index (κ1) is 23.6. The largest absolute Gasteiger partial charge is 0.469 e. The average molecular weight is 434 g/mol. The van der Waals surface area contributed by atoms with Crippen LogP contribution in [0.4, 0.5) is 0 Å². The van der Waals surface area contributed by atoms with Crippen molar-refractivity contribution in [2.45, 2.75) is 45.6 Å². The maximum absolute atomic E-state index is 12.8. The standard InChI is InChI=1S/C23H39N5O3/c1-3-30-18-7-10-24-23(25-11-9-21-8-6-19-31-21)28-16-14-26(15-17-28)20(2)22(29)27-12-4-5-13-27/h6,8,19-20H,3-5,7,9-18H2,1-2H3,(H,24,25). The minimum atomic E-state index is -0.0428. The van der Waals surface area contributed by atoms with Gasteiger partial charge in [-0.05, 0) is 45.2 Å². The summed E-state index contributed by atoms with van der Waals surface area (Å²) in [6.07, 6.45) is 5.73. The van der Waals surface area contributed by atoms with Gasteiger partial charge >= 0.3 is 0 Å². The molecule has 31 heavy (non-hydrogen) atoms. The highest BCUT2D eigenvalue weighted by atomic mass is 16.5. The van der Waals surface area contributed by atoms with Gasteiger partial charge in [0, 0.05) is 72.0 Å². The molecule has 2 saturated heterocycles. The van der Waals surface area contributed by atoms with Gasteiger partial charge in [-0.15, -0.1) is 0 Å². The van der Waals surface area contributed by atoms with Crippen molar-refractivity contribution in [1.82, 2.24) is 20.0 Å². The Hall–Kier alpha value is -2.06. The number of likely N-dealkylation sites (tertiary alicyclic amines) is 1. The number of guanidine groups is 1. The summed E-state index contributed by atoms with van der Waals surface area (Å²) in [5.74, 6) is 2.20. The lowest BCUT2D eigenvalue weighted by Crippen LogP contribution is -2.57. The van der Waals surface area contributed by atoms with Crippen molar-refractivity contribution < 1.29 is 13.9 Å². The zero-order valence-electron chi connectivity index (χ0n) is 19.2. The van der Waals surface area contributed by atoms with E-state index in [1.807, 2.05) is 24.0 Å². The SMILES string of the molecule is CCOCCCN=C(NCCc1ccco1)N1CCN(C(C)C(=O)N2CCCC2)CC1. The van der Waals surface area contributed by atoms with Crippen molar-refractivity contribution in [2.75, 3.05) is 65.6 Å². The molecule has 2 aliphatic rings. The lowest BCUT2D eigenvalue weighted by atomic mass is 10.2. The lowest BCUT2D eigenvalue weighted by molar-refractivity contribution is -0.135. The molecule has 0 radical (unpaired) electrons. The van der Waals surface area contributed by atoms with Crippen molar-refractivity contribution >= 4 is 11.9 Å². The number of hydrogen-bond donors (Lipinski definition) is 1. The van der Waals surface area contributed by atoms with Crippen LogP contribution < -0.4 is 5.32 Å². The van der Waals surface area contributed by atoms with Crippen LogP contribution in [0.15, 0.2) is 27.8 Å². The first-order valence-electron chi connectivity index (χ1n) is 11.8. The van der Waals surface area contributed by atoms with E-state index in [-0.39, 0.29) is 11.9 Å². The molecule has 1 aromatic heterocycles. The van der Waals surface area contributed by atoms with E-state index in [2.05, 4.69) is 22.0 Å². The Morgan fingerprint density at radius 1 is 1.19 bits per heavy atom. The van der Waals surface area contributed by atoms with E-state index < -0.39 is 0 Å². The van der Waals surface area contributed by atoms with Crippen LogP contribution in [0.2, 0.25) is 0 Å². The molecular formula is C23H39N5O3. The number of hydrogen-bond acceptors (Lipinski definition) is 5. The van der Waals surface area contributed by atoms with Gasteiger partial charge in [0.25, 0.3) is 0 Å². The van der Waals surface area contributed by atoms with Gasteiger partial charge in [0.1, 0.15) is 5.76 Å². The number of rotatable bonds is 10. The number of nitrogens with zero attached hydrogens (tertiary/aromatic N) is 4. The fourth-order valence-corrected chi connectivity index (χ4v) is 4.19. The quantitative estimate of drug-likeness (QED) is 0.345. The maximum atomic E-state index is 12.8. The van der Waals surface area contributed by atoms with Crippen LogP contribution in [0.3, 0.4) is 0 Å². The molecule has 1 atom stereocenters. The lowest BCUT2D eigenvalue weighted by Gasteiger charge is -2.39. The fraction of sp³-hybridized carbons (Fsp3) is 0.739. The molecule has 2 fully saturated rings. The van der Waals surface area contributed by atoms with Gasteiger partial charge in [0.15, 0.2) is 5.96 Å². The molecule has 2 aliphatic heterocycles. The summed E-state index contributed by atoms with van der Waals surface area (Å²) in [5.41, 5.74) is 0. The minimum absolute atomic E-state index is 0.0428. The highest BCUT2D eigenvalue weighted by molar-refractivity contribution is 5.82. The summed E-state index contributed by atoms with van der Waals surface area (Å²) in [4.78, 5) is 24.2. The molecule has 0 aliphatic carbocycles. The van der Waals surface area contributed by atoms with Crippen molar-refractivity contribution in [2.24, 2.45) is 4.99 Å². The first-order valence-corrected chi connectivity index (χ1v) is 11.8. The molecule has 0 saturated carbocycles. The third-order valence-corrected chi connectivity index (χ3v) is 6.08. The van der Waals surface area contributed by atoms with Crippen molar-refractivity contribution in [3.63, 3.8) is 0 Å². The second-order valence-corrected chi connectivity index (χ2v) is 8.24. The molecule has 174 valence electrons. The van der Waals surface area contributed by atoms with E-state index in [9.17, 15) is 4.79 Å². The Morgan fingerprint density at radius 2 is 1.97 bits per heavy atom. The topological polar surface area (TPSA) is 73.5 Å². The number of nitrogens with one attached hydrogen (secondary N) is 1. The number of piperazine rings is 1. The molecule has 1 unspecified atom stereocenters. The van der Waals surface area contributed by atoms with Crippen LogP contribution in [0.25, 0.3) is 0 Å². The molecule has 1 aromatic rings. The Balaban J connectivity index is 1.49. The van der Waals surface area contributed by atoms with Gasteiger partial charge in [-0.3, -0.25) is 14.7 Å². The Morgan fingerprint density at radius 3 is 2.65 bits per heavy atom. The van der Waals surface area contributed by atoms with Gasteiger partial charge < -0.3 is 24.3 Å². The molecule has 8 heteroatoms.